The molecular weight excluding hydrogens is 94.1 g/mol. The molecule has 7 N–H and O–H groups in total. The minimum Gasteiger partial charge on any atom is -0.516 e. The van der Waals surface area contributed by atoms with E-state index in [0.717, 1.165) is 6.08 Å². The van der Waals surface area contributed by atoms with E-state index in [9.17, 15) is 0 Å². The third-order valence-electron chi connectivity index (χ3n) is 0.363. The Kier molecular flexibility index (Phi) is 1.76. The van der Waals surface area contributed by atoms with E-state index in [1.54, 1.807) is 0 Å². The van der Waals surface area contributed by atoms with Crippen LogP contribution in [0.5, 0.6) is 0 Å². The minimum atomic E-state index is -1.38. The van der Waals surface area contributed by atoms with Gasteiger partial charge in [-0.05, 0) is 6.08 Å². The van der Waals surface area contributed by atoms with Crippen molar-refractivity contribution in [1.82, 2.24) is 0 Å². The lowest BCUT2D eigenvalue weighted by atomic mass is 10.4. The molecule has 0 aliphatic carbocycles. The zero-order valence-corrected chi connectivity index (χ0v) is 3.83. The smallest absolute Gasteiger partial charge is 0.138 e. The van der Waals surface area contributed by atoms with Crippen LogP contribution < -0.4 is 17.2 Å². The van der Waals surface area contributed by atoms with Crippen molar-refractivity contribution in [3.63, 3.8) is 0 Å². The second kappa shape index (κ2) is 1.92. The predicted molar refractivity (Wildman–Crippen MR) is 27.1 cm³/mol. The SMILES string of the molecule is NC(N)(N)C=CO. The molecule has 0 rings (SSSR count). The maximum Gasteiger partial charge on any atom is 0.138 e. The largest absolute Gasteiger partial charge is 0.516 e. The summed E-state index contributed by atoms with van der Waals surface area (Å²) in [4.78, 5) is 0. The van der Waals surface area contributed by atoms with E-state index in [4.69, 9.17) is 22.3 Å². The van der Waals surface area contributed by atoms with E-state index in [1.165, 1.54) is 0 Å². The molecule has 0 aliphatic heterocycles. The molecule has 0 radical (unpaired) electrons. The summed E-state index contributed by atoms with van der Waals surface area (Å²) in [5.74, 6) is -1.38. The molecule has 42 valence electrons. The summed E-state index contributed by atoms with van der Waals surface area (Å²) in [7, 11) is 0. The van der Waals surface area contributed by atoms with E-state index in [1.807, 2.05) is 0 Å². The quantitative estimate of drug-likeness (QED) is 0.242. The van der Waals surface area contributed by atoms with Crippen LogP contribution in [0.4, 0.5) is 0 Å². The van der Waals surface area contributed by atoms with Crippen LogP contribution in [-0.4, -0.2) is 10.9 Å². The molecule has 0 spiro atoms. The van der Waals surface area contributed by atoms with Crippen molar-refractivity contribution in [3.8, 4) is 0 Å². The minimum absolute atomic E-state index is 0.708. The Bertz CT molecular complexity index is 72.7. The van der Waals surface area contributed by atoms with Gasteiger partial charge in [0.2, 0.25) is 0 Å². The monoisotopic (exact) mass is 103 g/mol. The van der Waals surface area contributed by atoms with Crippen molar-refractivity contribution in [3.05, 3.63) is 12.3 Å². The van der Waals surface area contributed by atoms with Crippen LogP contribution in [0.25, 0.3) is 0 Å². The Balaban J connectivity index is 3.56. The molecular formula is C3H9N3O. The first-order valence-corrected chi connectivity index (χ1v) is 1.75. The van der Waals surface area contributed by atoms with Gasteiger partial charge in [-0.15, -0.1) is 0 Å². The van der Waals surface area contributed by atoms with E-state index in [0.29, 0.717) is 6.26 Å². The highest BCUT2D eigenvalue weighted by atomic mass is 16.2. The van der Waals surface area contributed by atoms with E-state index >= 15 is 0 Å². The first-order chi connectivity index (χ1) is 3.06. The number of nitrogens with two attached hydrogens (primary N) is 3. The second-order valence-corrected chi connectivity index (χ2v) is 1.32. The zero-order chi connectivity index (χ0) is 5.91. The van der Waals surface area contributed by atoms with Crippen LogP contribution in [-0.2, 0) is 0 Å². The number of hydrogen-bond acceptors (Lipinski definition) is 4. The molecule has 0 amide bonds. The molecule has 0 saturated heterocycles. The van der Waals surface area contributed by atoms with Gasteiger partial charge in [0.05, 0.1) is 6.26 Å². The van der Waals surface area contributed by atoms with Crippen molar-refractivity contribution >= 4 is 0 Å². The van der Waals surface area contributed by atoms with Gasteiger partial charge < -0.3 is 5.11 Å². The van der Waals surface area contributed by atoms with Crippen LogP contribution in [0.15, 0.2) is 12.3 Å². The fraction of sp³-hybridized carbons (Fsp3) is 0.333. The van der Waals surface area contributed by atoms with Crippen molar-refractivity contribution in [2.45, 2.75) is 5.79 Å². The van der Waals surface area contributed by atoms with Gasteiger partial charge in [-0.1, -0.05) is 0 Å². The van der Waals surface area contributed by atoms with Crippen molar-refractivity contribution < 1.29 is 5.11 Å². The Morgan fingerprint density at radius 2 is 1.71 bits per heavy atom. The van der Waals surface area contributed by atoms with Gasteiger partial charge in [-0.3, -0.25) is 17.2 Å². The highest BCUT2D eigenvalue weighted by molar-refractivity contribution is 4.91. The van der Waals surface area contributed by atoms with Gasteiger partial charge >= 0.3 is 0 Å². The summed E-state index contributed by atoms with van der Waals surface area (Å²) in [5, 5.41) is 7.98. The van der Waals surface area contributed by atoms with Gasteiger partial charge in [0.15, 0.2) is 0 Å². The third kappa shape index (κ3) is 5.42. The molecule has 4 nitrogen and oxygen atoms in total. The zero-order valence-electron chi connectivity index (χ0n) is 3.83. The molecule has 0 aliphatic rings. The molecule has 7 heavy (non-hydrogen) atoms. The lowest BCUT2D eigenvalue weighted by Gasteiger charge is -2.09. The maximum atomic E-state index is 7.98. The summed E-state index contributed by atoms with van der Waals surface area (Å²) >= 11 is 0. The van der Waals surface area contributed by atoms with Gasteiger partial charge in [-0.2, -0.15) is 0 Å². The molecule has 0 atom stereocenters. The first kappa shape index (κ1) is 6.42. The Morgan fingerprint density at radius 3 is 1.71 bits per heavy atom. The van der Waals surface area contributed by atoms with Gasteiger partial charge in [0, 0.05) is 0 Å². The topological polar surface area (TPSA) is 98.3 Å². The third-order valence-corrected chi connectivity index (χ3v) is 0.363. The molecule has 0 aromatic rings. The molecule has 0 bridgehead atoms. The average Bonchev–Trinajstić information content (AvgIpc) is 1.30. The lowest BCUT2D eigenvalue weighted by molar-refractivity contribution is 0.455. The number of hydrogen-bond donors (Lipinski definition) is 4. The van der Waals surface area contributed by atoms with Gasteiger partial charge in [-0.25, -0.2) is 0 Å². The standard InChI is InChI=1S/C3H9N3O/c4-3(5,6)1-2-7/h1-2,7H,4-6H2. The molecule has 0 aromatic heterocycles. The summed E-state index contributed by atoms with van der Waals surface area (Å²) in [6.45, 7) is 0. The Labute approximate surface area is 41.6 Å². The Morgan fingerprint density at radius 1 is 1.29 bits per heavy atom. The van der Waals surface area contributed by atoms with E-state index in [2.05, 4.69) is 0 Å². The van der Waals surface area contributed by atoms with Crippen LogP contribution in [0, 0.1) is 0 Å². The van der Waals surface area contributed by atoms with Crippen LogP contribution in [0.2, 0.25) is 0 Å². The average molecular weight is 103 g/mol. The summed E-state index contributed by atoms with van der Waals surface area (Å²) in [5.41, 5.74) is 14.9. The fourth-order valence-corrected chi connectivity index (χ4v) is 0.129. The van der Waals surface area contributed by atoms with Gasteiger partial charge in [0.1, 0.15) is 5.79 Å². The van der Waals surface area contributed by atoms with Crippen molar-refractivity contribution in [1.29, 1.82) is 0 Å². The van der Waals surface area contributed by atoms with Crippen molar-refractivity contribution in [2.24, 2.45) is 17.2 Å². The molecule has 0 fully saturated rings. The highest BCUT2D eigenvalue weighted by Gasteiger charge is 2.02. The summed E-state index contributed by atoms with van der Waals surface area (Å²) in [6.07, 6.45) is 1.78. The Hall–Kier alpha value is -0.580. The molecule has 4 heteroatoms. The van der Waals surface area contributed by atoms with E-state index in [-0.39, 0.29) is 0 Å². The maximum absolute atomic E-state index is 7.98. The number of aliphatic hydroxyl groups excluding tert-OH is 1. The molecule has 0 unspecified atom stereocenters. The summed E-state index contributed by atoms with van der Waals surface area (Å²) in [6, 6.07) is 0. The van der Waals surface area contributed by atoms with Crippen LogP contribution in [0.1, 0.15) is 0 Å². The lowest BCUT2D eigenvalue weighted by Crippen LogP contribution is -2.56. The number of aliphatic hydroxyl groups is 1. The second-order valence-electron chi connectivity index (χ2n) is 1.32. The van der Waals surface area contributed by atoms with Crippen molar-refractivity contribution in [2.75, 3.05) is 0 Å². The van der Waals surface area contributed by atoms with E-state index < -0.39 is 5.79 Å². The van der Waals surface area contributed by atoms with Crippen LogP contribution in [0.3, 0.4) is 0 Å². The van der Waals surface area contributed by atoms with Crippen LogP contribution >= 0.6 is 0 Å². The fourth-order valence-electron chi connectivity index (χ4n) is 0.129. The molecule has 0 saturated carbocycles. The predicted octanol–water partition coefficient (Wildman–Crippen LogP) is -1.41. The summed E-state index contributed by atoms with van der Waals surface area (Å²) < 4.78 is 0. The molecule has 0 aromatic carbocycles. The molecule has 0 heterocycles. The van der Waals surface area contributed by atoms with Gasteiger partial charge in [0.25, 0.3) is 0 Å². The number of rotatable bonds is 1. The highest BCUT2D eigenvalue weighted by Crippen LogP contribution is 1.75. The first-order valence-electron chi connectivity index (χ1n) is 1.75. The normalized spacial score (nSPS) is 13.0.